The van der Waals surface area contributed by atoms with E-state index in [-0.39, 0.29) is 5.78 Å². The minimum atomic E-state index is -1.15. The number of rotatable bonds is 6. The Bertz CT molecular complexity index is 593. The first-order valence-electron chi connectivity index (χ1n) is 6.45. The van der Waals surface area contributed by atoms with E-state index >= 15 is 0 Å². The Balaban J connectivity index is 2.27. The summed E-state index contributed by atoms with van der Waals surface area (Å²) in [6.07, 6.45) is 0.567. The third-order valence-corrected chi connectivity index (χ3v) is 2.99. The average Bonchev–Trinajstić information content (AvgIpc) is 2.52. The Kier molecular flexibility index (Phi) is 4.69. The second-order valence-electron chi connectivity index (χ2n) is 4.39. The molecule has 102 valence electrons. The molecule has 3 nitrogen and oxygen atoms in total. The maximum absolute atomic E-state index is 12.4. The Hall–Kier alpha value is -2.39. The first-order chi connectivity index (χ1) is 9.74. The summed E-state index contributed by atoms with van der Waals surface area (Å²) >= 11 is 0. The molecule has 1 atom stereocenters. The number of carbonyl (C=O) groups is 1. The maximum atomic E-state index is 12.4. The molecule has 0 aliphatic heterocycles. The Morgan fingerprint density at radius 3 is 2.50 bits per heavy atom. The quantitative estimate of drug-likeness (QED) is 0.624. The Labute approximate surface area is 118 Å². The molecule has 0 spiro atoms. The molecular formula is C17H17NO2. The Morgan fingerprint density at radius 2 is 1.80 bits per heavy atom. The molecule has 2 N–H and O–H groups in total. The number of benzene rings is 2. The molecule has 0 saturated heterocycles. The van der Waals surface area contributed by atoms with Crippen LogP contribution in [0.25, 0.3) is 0 Å². The number of anilines is 1. The van der Waals surface area contributed by atoms with Gasteiger partial charge in [0, 0.05) is 17.8 Å². The van der Waals surface area contributed by atoms with E-state index in [2.05, 4.69) is 11.9 Å². The van der Waals surface area contributed by atoms with Crippen LogP contribution in [-0.4, -0.2) is 17.4 Å². The molecule has 0 aliphatic carbocycles. The van der Waals surface area contributed by atoms with Gasteiger partial charge in [0.2, 0.25) is 0 Å². The van der Waals surface area contributed by atoms with Gasteiger partial charge in [0.15, 0.2) is 5.78 Å². The van der Waals surface area contributed by atoms with E-state index in [4.69, 9.17) is 0 Å². The fourth-order valence-corrected chi connectivity index (χ4v) is 1.97. The van der Waals surface area contributed by atoms with Crippen LogP contribution in [0.3, 0.4) is 0 Å². The van der Waals surface area contributed by atoms with Crippen molar-refractivity contribution >= 4 is 11.5 Å². The van der Waals surface area contributed by atoms with Crippen LogP contribution in [0.2, 0.25) is 0 Å². The molecule has 0 aliphatic rings. The highest BCUT2D eigenvalue weighted by Crippen LogP contribution is 2.23. The van der Waals surface area contributed by atoms with Crippen molar-refractivity contribution in [3.05, 3.63) is 78.4 Å². The van der Waals surface area contributed by atoms with Crippen LogP contribution < -0.4 is 5.32 Å². The van der Waals surface area contributed by atoms with Crippen molar-refractivity contribution < 1.29 is 9.90 Å². The zero-order valence-corrected chi connectivity index (χ0v) is 11.1. The van der Waals surface area contributed by atoms with Crippen LogP contribution in [-0.2, 0) is 0 Å². The van der Waals surface area contributed by atoms with Gasteiger partial charge in [-0.2, -0.15) is 0 Å². The molecule has 0 heterocycles. The summed E-state index contributed by atoms with van der Waals surface area (Å²) in [6, 6.07) is 16.1. The largest absolute Gasteiger partial charge is 0.381 e. The van der Waals surface area contributed by atoms with E-state index in [0.717, 1.165) is 0 Å². The fourth-order valence-electron chi connectivity index (χ4n) is 1.97. The van der Waals surface area contributed by atoms with E-state index in [1.165, 1.54) is 0 Å². The zero-order valence-electron chi connectivity index (χ0n) is 11.1. The SMILES string of the molecule is C=CCNc1ccccc1C(=O)C(O)c1ccccc1. The lowest BCUT2D eigenvalue weighted by Gasteiger charge is -2.14. The van der Waals surface area contributed by atoms with Crippen molar-refractivity contribution in [2.45, 2.75) is 6.10 Å². The van der Waals surface area contributed by atoms with Gasteiger partial charge in [-0.15, -0.1) is 6.58 Å². The lowest BCUT2D eigenvalue weighted by atomic mass is 9.98. The molecule has 3 heteroatoms. The molecule has 0 radical (unpaired) electrons. The number of aliphatic hydroxyl groups excluding tert-OH is 1. The molecule has 0 aromatic heterocycles. The second-order valence-corrected chi connectivity index (χ2v) is 4.39. The Morgan fingerprint density at radius 1 is 1.15 bits per heavy atom. The standard InChI is InChI=1S/C17H17NO2/c1-2-12-18-15-11-7-6-10-14(15)17(20)16(19)13-8-4-3-5-9-13/h2-11,16,18-19H,1,12H2. The zero-order chi connectivity index (χ0) is 14.4. The number of Topliss-reactive ketones (excluding diaryl/α,β-unsaturated/α-hetero) is 1. The summed E-state index contributed by atoms with van der Waals surface area (Å²) in [6.45, 7) is 4.20. The highest BCUT2D eigenvalue weighted by molar-refractivity contribution is 6.04. The predicted molar refractivity (Wildman–Crippen MR) is 80.9 cm³/mol. The predicted octanol–water partition coefficient (Wildman–Crippen LogP) is 3.20. The van der Waals surface area contributed by atoms with Gasteiger partial charge in [-0.05, 0) is 17.7 Å². The summed E-state index contributed by atoms with van der Waals surface area (Å²) < 4.78 is 0. The smallest absolute Gasteiger partial charge is 0.197 e. The summed E-state index contributed by atoms with van der Waals surface area (Å²) in [4.78, 5) is 12.4. The molecule has 0 amide bonds. The van der Waals surface area contributed by atoms with Crippen LogP contribution in [0.15, 0.2) is 67.3 Å². The molecule has 2 rings (SSSR count). The first-order valence-corrected chi connectivity index (χ1v) is 6.45. The number of hydrogen-bond donors (Lipinski definition) is 2. The van der Waals surface area contributed by atoms with E-state index in [0.29, 0.717) is 23.4 Å². The van der Waals surface area contributed by atoms with Crippen LogP contribution >= 0.6 is 0 Å². The second kappa shape index (κ2) is 6.68. The first kappa shape index (κ1) is 14.0. The van der Waals surface area contributed by atoms with Gasteiger partial charge in [-0.25, -0.2) is 0 Å². The number of nitrogens with one attached hydrogen (secondary N) is 1. The fraction of sp³-hybridized carbons (Fsp3) is 0.118. The van der Waals surface area contributed by atoms with Crippen molar-refractivity contribution in [1.82, 2.24) is 0 Å². The molecule has 1 unspecified atom stereocenters. The average molecular weight is 267 g/mol. The van der Waals surface area contributed by atoms with Crippen LogP contribution in [0.4, 0.5) is 5.69 Å². The van der Waals surface area contributed by atoms with Gasteiger partial charge in [-0.3, -0.25) is 4.79 Å². The normalized spacial score (nSPS) is 11.7. The highest BCUT2D eigenvalue weighted by Gasteiger charge is 2.21. The summed E-state index contributed by atoms with van der Waals surface area (Å²) in [5.74, 6) is -0.316. The van der Waals surface area contributed by atoms with E-state index in [1.807, 2.05) is 18.2 Å². The van der Waals surface area contributed by atoms with Crippen molar-refractivity contribution in [2.24, 2.45) is 0 Å². The lowest BCUT2D eigenvalue weighted by Crippen LogP contribution is -2.14. The topological polar surface area (TPSA) is 49.3 Å². The van der Waals surface area contributed by atoms with Crippen molar-refractivity contribution in [2.75, 3.05) is 11.9 Å². The third-order valence-electron chi connectivity index (χ3n) is 2.99. The minimum absolute atomic E-state index is 0.316. The van der Waals surface area contributed by atoms with Crippen LogP contribution in [0.5, 0.6) is 0 Å². The number of para-hydroxylation sites is 1. The summed E-state index contributed by atoms with van der Waals surface area (Å²) in [7, 11) is 0. The van der Waals surface area contributed by atoms with Gasteiger partial charge in [0.05, 0.1) is 0 Å². The monoisotopic (exact) mass is 267 g/mol. The number of carbonyl (C=O) groups excluding carboxylic acids is 1. The van der Waals surface area contributed by atoms with Crippen LogP contribution in [0.1, 0.15) is 22.0 Å². The number of ketones is 1. The lowest BCUT2D eigenvalue weighted by molar-refractivity contribution is 0.0748. The maximum Gasteiger partial charge on any atom is 0.197 e. The van der Waals surface area contributed by atoms with Crippen molar-refractivity contribution in [3.63, 3.8) is 0 Å². The third kappa shape index (κ3) is 3.13. The molecule has 20 heavy (non-hydrogen) atoms. The number of hydrogen-bond acceptors (Lipinski definition) is 3. The number of aliphatic hydroxyl groups is 1. The van der Waals surface area contributed by atoms with Crippen molar-refractivity contribution in [1.29, 1.82) is 0 Å². The van der Waals surface area contributed by atoms with Gasteiger partial charge < -0.3 is 10.4 Å². The highest BCUT2D eigenvalue weighted by atomic mass is 16.3. The van der Waals surface area contributed by atoms with Gasteiger partial charge in [0.1, 0.15) is 6.10 Å². The summed E-state index contributed by atoms with van der Waals surface area (Å²) in [5, 5.41) is 13.3. The van der Waals surface area contributed by atoms with Crippen LogP contribution in [0, 0.1) is 0 Å². The minimum Gasteiger partial charge on any atom is -0.381 e. The van der Waals surface area contributed by atoms with Gasteiger partial charge in [0.25, 0.3) is 0 Å². The molecule has 2 aromatic carbocycles. The molecule has 2 aromatic rings. The molecule has 0 bridgehead atoms. The molecule has 0 fully saturated rings. The summed E-state index contributed by atoms with van der Waals surface area (Å²) in [5.41, 5.74) is 1.77. The van der Waals surface area contributed by atoms with Gasteiger partial charge >= 0.3 is 0 Å². The molecular weight excluding hydrogens is 250 g/mol. The van der Waals surface area contributed by atoms with Crippen molar-refractivity contribution in [3.8, 4) is 0 Å². The van der Waals surface area contributed by atoms with E-state index in [9.17, 15) is 9.90 Å². The van der Waals surface area contributed by atoms with Gasteiger partial charge in [-0.1, -0.05) is 48.5 Å². The molecule has 0 saturated carbocycles. The van der Waals surface area contributed by atoms with E-state index in [1.54, 1.807) is 42.5 Å². The van der Waals surface area contributed by atoms with E-state index < -0.39 is 6.10 Å².